The van der Waals surface area contributed by atoms with Crippen LogP contribution in [-0.4, -0.2) is 40.3 Å². The van der Waals surface area contributed by atoms with Crippen molar-refractivity contribution in [1.29, 1.82) is 0 Å². The van der Waals surface area contributed by atoms with Crippen molar-refractivity contribution in [3.63, 3.8) is 0 Å². The lowest BCUT2D eigenvalue weighted by atomic mass is 10.2. The molecule has 2 amide bonds. The molecule has 2 aromatic heterocycles. The molecule has 27 heavy (non-hydrogen) atoms. The van der Waals surface area contributed by atoms with Gasteiger partial charge in [-0.25, -0.2) is 9.97 Å². The fraction of sp³-hybridized carbons (Fsp3) is 0.368. The van der Waals surface area contributed by atoms with Crippen LogP contribution in [0.1, 0.15) is 36.5 Å². The van der Waals surface area contributed by atoms with Crippen LogP contribution >= 0.6 is 22.7 Å². The molecule has 3 heterocycles. The number of hydrogen-bond acceptors (Lipinski definition) is 6. The Balaban J connectivity index is 1.44. The highest BCUT2D eigenvalue weighted by Crippen LogP contribution is 2.30. The van der Waals surface area contributed by atoms with Crippen LogP contribution in [0.5, 0.6) is 0 Å². The van der Waals surface area contributed by atoms with E-state index in [9.17, 15) is 9.59 Å². The Bertz CT molecular complexity index is 963. The molecule has 140 valence electrons. The van der Waals surface area contributed by atoms with Gasteiger partial charge < -0.3 is 4.90 Å². The van der Waals surface area contributed by atoms with Gasteiger partial charge in [0.2, 0.25) is 11.8 Å². The number of para-hydroxylation sites is 1. The second-order valence-corrected chi connectivity index (χ2v) is 8.55. The number of anilines is 1. The van der Waals surface area contributed by atoms with E-state index >= 15 is 0 Å². The Hall–Kier alpha value is -2.32. The standard InChI is InChI=1S/C19H20N4O2S2/c1-12(18-21-14-6-3-4-7-15(14)27-18)22(2)17(25)10-13-11-26-19(20-13)23-9-5-8-16(23)24/h3-4,6-7,11-12H,5,8-10H2,1-2H3/t12-/m0/s1. The van der Waals surface area contributed by atoms with Crippen LogP contribution in [0, 0.1) is 0 Å². The van der Waals surface area contributed by atoms with Gasteiger partial charge in [-0.15, -0.1) is 22.7 Å². The minimum Gasteiger partial charge on any atom is -0.336 e. The third-order valence-corrected chi connectivity index (χ3v) is 6.94. The number of rotatable bonds is 5. The molecule has 4 rings (SSSR count). The molecule has 0 bridgehead atoms. The van der Waals surface area contributed by atoms with Gasteiger partial charge in [0.05, 0.1) is 28.4 Å². The summed E-state index contributed by atoms with van der Waals surface area (Å²) in [6, 6.07) is 7.89. The molecule has 1 fully saturated rings. The highest BCUT2D eigenvalue weighted by atomic mass is 32.1. The molecule has 6 nitrogen and oxygen atoms in total. The Morgan fingerprint density at radius 1 is 1.33 bits per heavy atom. The summed E-state index contributed by atoms with van der Waals surface area (Å²) in [6.07, 6.45) is 1.68. The number of amides is 2. The summed E-state index contributed by atoms with van der Waals surface area (Å²) in [7, 11) is 1.80. The maximum absolute atomic E-state index is 12.7. The lowest BCUT2D eigenvalue weighted by Gasteiger charge is -2.23. The van der Waals surface area contributed by atoms with Crippen molar-refractivity contribution in [1.82, 2.24) is 14.9 Å². The molecular weight excluding hydrogens is 380 g/mol. The smallest absolute Gasteiger partial charge is 0.228 e. The number of aromatic nitrogens is 2. The Labute approximate surface area is 165 Å². The average Bonchev–Trinajstić information content (AvgIpc) is 3.39. The molecule has 1 aromatic carbocycles. The molecule has 3 aromatic rings. The Kier molecular flexibility index (Phi) is 4.92. The quantitative estimate of drug-likeness (QED) is 0.656. The van der Waals surface area contributed by atoms with Crippen LogP contribution < -0.4 is 4.90 Å². The van der Waals surface area contributed by atoms with Crippen molar-refractivity contribution in [3.05, 3.63) is 40.3 Å². The predicted octanol–water partition coefficient (Wildman–Crippen LogP) is 3.64. The zero-order valence-electron chi connectivity index (χ0n) is 15.2. The topological polar surface area (TPSA) is 66.4 Å². The SMILES string of the molecule is C[C@@H](c1nc2ccccc2s1)N(C)C(=O)Cc1csc(N2CCCC2=O)n1. The van der Waals surface area contributed by atoms with Gasteiger partial charge in [0.25, 0.3) is 0 Å². The summed E-state index contributed by atoms with van der Waals surface area (Å²) in [4.78, 5) is 37.2. The predicted molar refractivity (Wildman–Crippen MR) is 108 cm³/mol. The molecule has 0 N–H and O–H groups in total. The van der Waals surface area contributed by atoms with Gasteiger partial charge in [-0.3, -0.25) is 14.5 Å². The number of thiazole rings is 2. The number of fused-ring (bicyclic) bond motifs is 1. The lowest BCUT2D eigenvalue weighted by molar-refractivity contribution is -0.131. The maximum Gasteiger partial charge on any atom is 0.228 e. The number of carbonyl (C=O) groups excluding carboxylic acids is 2. The van der Waals surface area contributed by atoms with E-state index in [0.717, 1.165) is 21.6 Å². The fourth-order valence-electron chi connectivity index (χ4n) is 3.08. The second-order valence-electron chi connectivity index (χ2n) is 6.65. The molecule has 0 unspecified atom stereocenters. The first-order valence-electron chi connectivity index (χ1n) is 8.89. The Morgan fingerprint density at radius 2 is 2.15 bits per heavy atom. The van der Waals surface area contributed by atoms with Crippen LogP contribution in [0.25, 0.3) is 10.2 Å². The van der Waals surface area contributed by atoms with Gasteiger partial charge in [0, 0.05) is 25.4 Å². The summed E-state index contributed by atoms with van der Waals surface area (Å²) in [5.41, 5.74) is 1.67. The molecule has 0 saturated carbocycles. The largest absolute Gasteiger partial charge is 0.336 e. The third kappa shape index (κ3) is 3.59. The number of carbonyl (C=O) groups is 2. The second kappa shape index (κ2) is 7.36. The van der Waals surface area contributed by atoms with Crippen molar-refractivity contribution in [3.8, 4) is 0 Å². The van der Waals surface area contributed by atoms with E-state index in [2.05, 4.69) is 9.97 Å². The normalized spacial score (nSPS) is 15.5. The van der Waals surface area contributed by atoms with Crippen molar-refractivity contribution in [2.24, 2.45) is 0 Å². The zero-order valence-corrected chi connectivity index (χ0v) is 16.8. The number of benzene rings is 1. The van der Waals surface area contributed by atoms with E-state index in [-0.39, 0.29) is 24.3 Å². The summed E-state index contributed by atoms with van der Waals surface area (Å²) < 4.78 is 1.12. The van der Waals surface area contributed by atoms with E-state index in [0.29, 0.717) is 23.8 Å². The van der Waals surface area contributed by atoms with E-state index in [1.165, 1.54) is 11.3 Å². The van der Waals surface area contributed by atoms with Gasteiger partial charge in [0.1, 0.15) is 5.01 Å². The first-order valence-corrected chi connectivity index (χ1v) is 10.6. The average molecular weight is 401 g/mol. The first kappa shape index (κ1) is 18.1. The zero-order chi connectivity index (χ0) is 19.0. The summed E-state index contributed by atoms with van der Waals surface area (Å²) >= 11 is 3.04. The van der Waals surface area contributed by atoms with E-state index in [1.54, 1.807) is 28.2 Å². The van der Waals surface area contributed by atoms with Gasteiger partial charge in [-0.1, -0.05) is 12.1 Å². The molecule has 1 aliphatic heterocycles. The fourth-order valence-corrected chi connectivity index (χ4v) is 5.01. The maximum atomic E-state index is 12.7. The Morgan fingerprint density at radius 3 is 2.89 bits per heavy atom. The van der Waals surface area contributed by atoms with Crippen LogP contribution in [0.2, 0.25) is 0 Å². The molecule has 0 spiro atoms. The molecule has 1 atom stereocenters. The number of hydrogen-bond donors (Lipinski definition) is 0. The van der Waals surface area contributed by atoms with Crippen molar-refractivity contribution >= 4 is 49.8 Å². The number of likely N-dealkylation sites (N-methyl/N-ethyl adjacent to an activating group) is 1. The highest BCUT2D eigenvalue weighted by Gasteiger charge is 2.25. The molecule has 0 aliphatic carbocycles. The first-order chi connectivity index (χ1) is 13.0. The molecular formula is C19H20N4O2S2. The van der Waals surface area contributed by atoms with E-state index < -0.39 is 0 Å². The van der Waals surface area contributed by atoms with Crippen molar-refractivity contribution < 1.29 is 9.59 Å². The number of nitrogens with zero attached hydrogens (tertiary/aromatic N) is 4. The monoisotopic (exact) mass is 400 g/mol. The highest BCUT2D eigenvalue weighted by molar-refractivity contribution is 7.18. The summed E-state index contributed by atoms with van der Waals surface area (Å²) in [6.45, 7) is 2.71. The molecule has 1 saturated heterocycles. The molecule has 8 heteroatoms. The minimum absolute atomic E-state index is 0.00801. The van der Waals surface area contributed by atoms with Gasteiger partial charge in [0.15, 0.2) is 5.13 Å². The van der Waals surface area contributed by atoms with Gasteiger partial charge in [-0.2, -0.15) is 0 Å². The van der Waals surface area contributed by atoms with E-state index in [4.69, 9.17) is 0 Å². The van der Waals surface area contributed by atoms with Crippen LogP contribution in [0.4, 0.5) is 5.13 Å². The van der Waals surface area contributed by atoms with E-state index in [1.807, 2.05) is 36.6 Å². The van der Waals surface area contributed by atoms with Crippen molar-refractivity contribution in [2.45, 2.75) is 32.2 Å². The molecule has 1 aliphatic rings. The van der Waals surface area contributed by atoms with Crippen LogP contribution in [-0.2, 0) is 16.0 Å². The third-order valence-electron chi connectivity index (χ3n) is 4.82. The summed E-state index contributed by atoms with van der Waals surface area (Å²) in [5.74, 6) is 0.107. The molecule has 0 radical (unpaired) electrons. The van der Waals surface area contributed by atoms with Crippen LogP contribution in [0.3, 0.4) is 0 Å². The van der Waals surface area contributed by atoms with Crippen LogP contribution in [0.15, 0.2) is 29.6 Å². The minimum atomic E-state index is -0.104. The van der Waals surface area contributed by atoms with Gasteiger partial charge >= 0.3 is 0 Å². The lowest BCUT2D eigenvalue weighted by Crippen LogP contribution is -2.31. The van der Waals surface area contributed by atoms with Crippen molar-refractivity contribution in [2.75, 3.05) is 18.5 Å². The summed E-state index contributed by atoms with van der Waals surface area (Å²) in [5, 5.41) is 3.49. The van der Waals surface area contributed by atoms with Gasteiger partial charge in [-0.05, 0) is 25.5 Å².